The Morgan fingerprint density at radius 1 is 0.688 bits per heavy atom. The third-order valence-electron chi connectivity index (χ3n) is 4.52. The molecule has 0 unspecified atom stereocenters. The van der Waals surface area contributed by atoms with E-state index in [1.54, 1.807) is 0 Å². The fourth-order valence-electron chi connectivity index (χ4n) is 3.09. The minimum absolute atomic E-state index is 0. The number of hydrogen-bond acceptors (Lipinski definition) is 3. The van der Waals surface area contributed by atoms with Crippen LogP contribution in [-0.4, -0.2) is 53.0 Å². The summed E-state index contributed by atoms with van der Waals surface area (Å²) in [5.41, 5.74) is 1.24. The first-order valence-corrected chi connectivity index (χ1v) is 11.5. The fourth-order valence-corrected chi connectivity index (χ4v) is 3.09. The first kappa shape index (κ1) is 33.2. The Balaban J connectivity index is 0. The Labute approximate surface area is 213 Å². The van der Waals surface area contributed by atoms with Crippen LogP contribution in [0.25, 0.3) is 0 Å². The van der Waals surface area contributed by atoms with Gasteiger partial charge in [0, 0.05) is 27.0 Å². The first-order valence-electron chi connectivity index (χ1n) is 11.5. The van der Waals surface area contributed by atoms with Gasteiger partial charge >= 0.3 is 0 Å². The predicted octanol–water partition coefficient (Wildman–Crippen LogP) is 6.38. The largest absolute Gasteiger partial charge is 0.438 e. The minimum Gasteiger partial charge on any atom is -0.438 e. The summed E-state index contributed by atoms with van der Waals surface area (Å²) in [5, 5.41) is 0. The van der Waals surface area contributed by atoms with Crippen molar-refractivity contribution < 1.29 is 20.4 Å². The number of hydrogen-bond donors (Lipinski definition) is 0. The molecule has 0 aliphatic rings. The summed E-state index contributed by atoms with van der Waals surface area (Å²) in [4.78, 5) is 6.96. The van der Waals surface area contributed by atoms with Gasteiger partial charge in [-0.25, -0.2) is 6.67 Å². The minimum atomic E-state index is 0. The van der Waals surface area contributed by atoms with Crippen molar-refractivity contribution in [3.05, 3.63) is 79.0 Å². The maximum atomic E-state index is 3.16. The van der Waals surface area contributed by atoms with E-state index < -0.39 is 0 Å². The van der Waals surface area contributed by atoms with Crippen LogP contribution in [0.4, 0.5) is 0 Å². The van der Waals surface area contributed by atoms with Crippen LogP contribution in [-0.2, 0) is 27.0 Å². The maximum Gasteiger partial charge on any atom is 0.000120 e. The molecule has 0 bridgehead atoms. The van der Waals surface area contributed by atoms with E-state index in [2.05, 4.69) is 109 Å². The molecule has 186 valence electrons. The average molecular weight is 531 g/mol. The normalized spacial score (nSPS) is 10.9. The zero-order valence-corrected chi connectivity index (χ0v) is 23.5. The first-order chi connectivity index (χ1) is 14.6. The van der Waals surface area contributed by atoms with Gasteiger partial charge in [0.25, 0.3) is 0 Å². The molecule has 0 fully saturated rings. The molecular weight excluding hydrogens is 485 g/mol. The second-order valence-electron chi connectivity index (χ2n) is 9.09. The number of rotatable bonds is 8. The van der Waals surface area contributed by atoms with Crippen LogP contribution in [0.15, 0.2) is 54.6 Å². The van der Waals surface area contributed by atoms with Crippen LogP contribution in [0, 0.1) is 18.8 Å². The number of benzene rings is 2. The molecule has 0 saturated heterocycles. The van der Waals surface area contributed by atoms with E-state index in [-0.39, 0.29) is 20.4 Å². The quantitative estimate of drug-likeness (QED) is 0.290. The monoisotopic (exact) mass is 530 g/mol. The second-order valence-corrected chi connectivity index (χ2v) is 9.09. The van der Waals surface area contributed by atoms with E-state index in [1.807, 2.05) is 48.5 Å². The second kappa shape index (κ2) is 19.5. The van der Waals surface area contributed by atoms with E-state index in [1.165, 1.54) is 5.56 Å². The Kier molecular flexibility index (Phi) is 20.2. The molecule has 0 heterocycles. The van der Waals surface area contributed by atoms with Gasteiger partial charge in [-0.15, -0.1) is 5.56 Å². The van der Waals surface area contributed by atoms with Gasteiger partial charge in [0.05, 0.1) is 0 Å². The van der Waals surface area contributed by atoms with E-state index in [0.29, 0.717) is 24.2 Å². The van der Waals surface area contributed by atoms with Gasteiger partial charge in [-0.1, -0.05) is 55.4 Å². The van der Waals surface area contributed by atoms with Gasteiger partial charge < -0.3 is 14.7 Å². The van der Waals surface area contributed by atoms with E-state index in [4.69, 9.17) is 0 Å². The van der Waals surface area contributed by atoms with Crippen molar-refractivity contribution in [2.45, 2.75) is 86.1 Å². The summed E-state index contributed by atoms with van der Waals surface area (Å²) in [6.45, 7) is 21.2. The van der Waals surface area contributed by atoms with Crippen LogP contribution in [0.1, 0.15) is 61.0 Å². The molecule has 0 radical (unpaired) electrons. The molecule has 0 atom stereocenters. The molecule has 2 aromatic rings. The maximum absolute atomic E-state index is 3.16. The van der Waals surface area contributed by atoms with Crippen LogP contribution in [0.5, 0.6) is 0 Å². The van der Waals surface area contributed by atoms with Crippen molar-refractivity contribution in [1.29, 1.82) is 0 Å². The molecule has 0 aromatic heterocycles. The predicted molar refractivity (Wildman–Crippen MR) is 136 cm³/mol. The standard InChI is InChI=1S/C13H29N2.C9H12N.C6H5.Pd/c1-10(2)14(11(3)4)9-15(12(5)6)13(7)8;1-10(2)8-9-6-4-3-5-7-9;1-2-4-6-5-3-1;/h9-13H,1-8H3;3-6H,8H2,1-2H3;1-5H;/q3*-1;. The molecule has 2 rings (SSSR count). The zero-order valence-electron chi connectivity index (χ0n) is 21.9. The van der Waals surface area contributed by atoms with Gasteiger partial charge in [-0.05, 0) is 38.3 Å². The molecule has 0 N–H and O–H groups in total. The summed E-state index contributed by atoms with van der Waals surface area (Å²) in [7, 11) is 4.11. The van der Waals surface area contributed by atoms with Crippen molar-refractivity contribution in [3.8, 4) is 0 Å². The van der Waals surface area contributed by atoms with E-state index in [0.717, 1.165) is 6.54 Å². The van der Waals surface area contributed by atoms with Crippen molar-refractivity contribution in [2.24, 2.45) is 0 Å². The van der Waals surface area contributed by atoms with Crippen molar-refractivity contribution in [2.75, 3.05) is 14.1 Å². The molecule has 0 spiro atoms. The van der Waals surface area contributed by atoms with Crippen molar-refractivity contribution in [1.82, 2.24) is 14.7 Å². The Bertz CT molecular complexity index is 567. The summed E-state index contributed by atoms with van der Waals surface area (Å²) in [5.74, 6) is 0. The Hall–Kier alpha value is -1.02. The zero-order chi connectivity index (χ0) is 23.8. The van der Waals surface area contributed by atoms with Gasteiger partial charge in [-0.2, -0.15) is 66.7 Å². The van der Waals surface area contributed by atoms with Gasteiger partial charge in [-0.3, -0.25) is 0 Å². The summed E-state index contributed by atoms with van der Waals surface area (Å²) in [6.07, 6.45) is 0. The smallest absolute Gasteiger partial charge is 0.000120 e. The van der Waals surface area contributed by atoms with E-state index >= 15 is 0 Å². The van der Waals surface area contributed by atoms with E-state index in [9.17, 15) is 0 Å². The SMILES string of the molecule is CC(C)N([CH-]N(C(C)C)C(C)C)C(C)C.CN(C)Cc1[c-]cccc1.[Pd].[c-]1ccccc1. The van der Waals surface area contributed by atoms with Crippen LogP contribution in [0.3, 0.4) is 0 Å². The molecule has 0 aliphatic carbocycles. The third-order valence-corrected chi connectivity index (χ3v) is 4.52. The third kappa shape index (κ3) is 16.6. The summed E-state index contributed by atoms with van der Waals surface area (Å²) in [6, 6.07) is 25.9. The van der Waals surface area contributed by atoms with Gasteiger partial charge in [0.1, 0.15) is 0 Å². The molecule has 3 nitrogen and oxygen atoms in total. The molecular formula is C28H46N3Pd-3. The Morgan fingerprint density at radius 2 is 1.12 bits per heavy atom. The van der Waals surface area contributed by atoms with Crippen molar-refractivity contribution in [3.63, 3.8) is 0 Å². The van der Waals surface area contributed by atoms with Crippen LogP contribution >= 0.6 is 0 Å². The van der Waals surface area contributed by atoms with Gasteiger partial charge in [0.2, 0.25) is 0 Å². The van der Waals surface area contributed by atoms with Crippen molar-refractivity contribution >= 4 is 0 Å². The molecule has 32 heavy (non-hydrogen) atoms. The molecule has 0 saturated carbocycles. The molecule has 4 heteroatoms. The molecule has 0 aliphatic heterocycles. The summed E-state index contributed by atoms with van der Waals surface area (Å²) >= 11 is 0. The van der Waals surface area contributed by atoms with Crippen LogP contribution in [0.2, 0.25) is 0 Å². The number of nitrogens with zero attached hydrogens (tertiary/aromatic N) is 3. The Morgan fingerprint density at radius 3 is 1.38 bits per heavy atom. The topological polar surface area (TPSA) is 9.72 Å². The fraction of sp³-hybridized carbons (Fsp3) is 0.536. The van der Waals surface area contributed by atoms with Gasteiger partial charge in [0.15, 0.2) is 0 Å². The van der Waals surface area contributed by atoms with Crippen LogP contribution < -0.4 is 0 Å². The average Bonchev–Trinajstić information content (AvgIpc) is 2.70. The molecule has 0 amide bonds. The summed E-state index contributed by atoms with van der Waals surface area (Å²) < 4.78 is 0. The molecule has 2 aromatic carbocycles.